The molecule has 1 N–H and O–H groups in total. The summed E-state index contributed by atoms with van der Waals surface area (Å²) in [5, 5.41) is 2.95. The molecule has 1 heterocycles. The van der Waals surface area contributed by atoms with Gasteiger partial charge in [-0.25, -0.2) is 0 Å². The van der Waals surface area contributed by atoms with Crippen molar-refractivity contribution in [3.63, 3.8) is 0 Å². The maximum Gasteiger partial charge on any atom is 0.248 e. The van der Waals surface area contributed by atoms with Gasteiger partial charge in [-0.15, -0.1) is 0 Å². The van der Waals surface area contributed by atoms with Gasteiger partial charge in [0.25, 0.3) is 0 Å². The molecular weight excluding hydrogens is 476 g/mol. The summed E-state index contributed by atoms with van der Waals surface area (Å²) in [6, 6.07) is 25.2. The van der Waals surface area contributed by atoms with Crippen molar-refractivity contribution < 1.29 is 19.1 Å². The first-order valence-corrected chi connectivity index (χ1v) is 13.3. The van der Waals surface area contributed by atoms with Crippen LogP contribution in [-0.4, -0.2) is 28.7 Å². The third kappa shape index (κ3) is 3.83. The monoisotopic (exact) mass is 504 g/mol. The van der Waals surface area contributed by atoms with E-state index in [2.05, 4.69) is 17.5 Å². The Morgan fingerprint density at radius 3 is 1.95 bits per heavy atom. The number of allylic oxidation sites excluding steroid dienone is 2. The van der Waals surface area contributed by atoms with E-state index in [4.69, 9.17) is 4.74 Å². The third-order valence-corrected chi connectivity index (χ3v) is 8.68. The van der Waals surface area contributed by atoms with Crippen LogP contribution in [0, 0.1) is 35.5 Å². The Morgan fingerprint density at radius 1 is 0.789 bits per heavy atom. The van der Waals surface area contributed by atoms with Gasteiger partial charge in [0.15, 0.2) is 0 Å². The summed E-state index contributed by atoms with van der Waals surface area (Å²) in [5.41, 5.74) is 1.48. The normalized spacial score (nSPS) is 29.0. The molecule has 3 aromatic rings. The van der Waals surface area contributed by atoms with Crippen LogP contribution >= 0.6 is 0 Å². The summed E-state index contributed by atoms with van der Waals surface area (Å²) in [5.74, 6) is 1.23. The molecule has 1 aliphatic heterocycles. The lowest BCUT2D eigenvalue weighted by molar-refractivity contribution is -0.146. The number of nitrogens with zero attached hydrogens (tertiary/aromatic N) is 1. The van der Waals surface area contributed by atoms with Crippen LogP contribution in [0.2, 0.25) is 0 Å². The zero-order valence-corrected chi connectivity index (χ0v) is 20.8. The molecule has 190 valence electrons. The molecule has 1 saturated heterocycles. The van der Waals surface area contributed by atoms with E-state index in [1.165, 1.54) is 4.90 Å². The molecule has 6 heteroatoms. The quantitative estimate of drug-likeness (QED) is 0.360. The van der Waals surface area contributed by atoms with Gasteiger partial charge in [-0.05, 0) is 72.1 Å². The second-order valence-electron chi connectivity index (χ2n) is 10.8. The Bertz CT molecular complexity index is 1380. The van der Waals surface area contributed by atoms with Gasteiger partial charge < -0.3 is 10.1 Å². The van der Waals surface area contributed by atoms with Gasteiger partial charge in [0, 0.05) is 12.1 Å². The van der Waals surface area contributed by atoms with Crippen LogP contribution in [0.4, 0.5) is 5.69 Å². The molecule has 6 nitrogen and oxygen atoms in total. The van der Waals surface area contributed by atoms with Gasteiger partial charge in [0.2, 0.25) is 17.7 Å². The van der Waals surface area contributed by atoms with Crippen molar-refractivity contribution >= 4 is 23.4 Å². The van der Waals surface area contributed by atoms with Crippen molar-refractivity contribution in [2.45, 2.75) is 18.9 Å². The summed E-state index contributed by atoms with van der Waals surface area (Å²) < 4.78 is 5.85. The second-order valence-corrected chi connectivity index (χ2v) is 10.8. The molecule has 2 saturated carbocycles. The van der Waals surface area contributed by atoms with Gasteiger partial charge in [0.1, 0.15) is 17.5 Å². The molecule has 38 heavy (non-hydrogen) atoms. The van der Waals surface area contributed by atoms with E-state index in [1.807, 2.05) is 60.7 Å². The standard InChI is InChI=1S/C32H28N2O4/c35-30(33-20-11-13-22(14-12-20)38-21-9-5-2-6-10-21)27(17-19-7-3-1-4-8-19)34-31(36)28-23-15-16-24(26-18-25(23)26)29(28)32(34)37/h1-16,23-29H,17-18H2,(H,33,35)/t23-,24-,25-,26+,27-,28-,29+/m0/s1. The van der Waals surface area contributed by atoms with Crippen LogP contribution in [0.15, 0.2) is 97.1 Å². The Balaban J connectivity index is 1.14. The highest BCUT2D eigenvalue weighted by atomic mass is 16.5. The lowest BCUT2D eigenvalue weighted by Gasteiger charge is -2.37. The van der Waals surface area contributed by atoms with E-state index in [0.29, 0.717) is 23.3 Å². The number of imide groups is 1. The highest BCUT2D eigenvalue weighted by Crippen LogP contribution is 2.65. The van der Waals surface area contributed by atoms with Crippen LogP contribution in [0.1, 0.15) is 12.0 Å². The molecule has 0 aromatic heterocycles. The number of anilines is 1. The molecule has 3 fully saturated rings. The summed E-state index contributed by atoms with van der Waals surface area (Å²) in [6.45, 7) is 0. The van der Waals surface area contributed by atoms with E-state index < -0.39 is 6.04 Å². The number of hydrogen-bond donors (Lipinski definition) is 1. The molecule has 2 bridgehead atoms. The number of hydrogen-bond acceptors (Lipinski definition) is 4. The third-order valence-electron chi connectivity index (χ3n) is 8.68. The minimum Gasteiger partial charge on any atom is -0.457 e. The number of carbonyl (C=O) groups is 3. The smallest absolute Gasteiger partial charge is 0.248 e. The highest BCUT2D eigenvalue weighted by Gasteiger charge is 2.67. The lowest BCUT2D eigenvalue weighted by Crippen LogP contribution is -2.49. The molecule has 0 unspecified atom stereocenters. The number of nitrogens with one attached hydrogen (secondary N) is 1. The van der Waals surface area contributed by atoms with Gasteiger partial charge in [-0.1, -0.05) is 60.7 Å². The number of carbonyl (C=O) groups excluding carboxylic acids is 3. The maximum atomic E-state index is 13.8. The Morgan fingerprint density at radius 2 is 1.34 bits per heavy atom. The maximum absolute atomic E-state index is 13.8. The number of ether oxygens (including phenoxy) is 1. The molecule has 5 aliphatic rings. The highest BCUT2D eigenvalue weighted by molar-refractivity contribution is 6.10. The first-order chi connectivity index (χ1) is 18.6. The zero-order chi connectivity index (χ0) is 25.8. The lowest BCUT2D eigenvalue weighted by atomic mass is 9.63. The Hall–Kier alpha value is -4.19. The van der Waals surface area contributed by atoms with Crippen LogP contribution in [0.3, 0.4) is 0 Å². The predicted octanol–water partition coefficient (Wildman–Crippen LogP) is 5.08. The summed E-state index contributed by atoms with van der Waals surface area (Å²) in [6.07, 6.45) is 5.68. The first kappa shape index (κ1) is 23.0. The van der Waals surface area contributed by atoms with Crippen LogP contribution < -0.4 is 10.1 Å². The number of rotatable bonds is 7. The van der Waals surface area contributed by atoms with Crippen molar-refractivity contribution in [3.8, 4) is 11.5 Å². The van der Waals surface area contributed by atoms with Gasteiger partial charge >= 0.3 is 0 Å². The predicted molar refractivity (Wildman–Crippen MR) is 142 cm³/mol. The Labute approximate surface area is 221 Å². The fourth-order valence-electron chi connectivity index (χ4n) is 6.88. The van der Waals surface area contributed by atoms with Crippen LogP contribution in [0.5, 0.6) is 11.5 Å². The van der Waals surface area contributed by atoms with Crippen molar-refractivity contribution in [2.24, 2.45) is 35.5 Å². The zero-order valence-electron chi connectivity index (χ0n) is 20.8. The minimum atomic E-state index is -0.918. The molecule has 0 radical (unpaired) electrons. The SMILES string of the molecule is O=C(Nc1ccc(Oc2ccccc2)cc1)[C@H](Cc1ccccc1)N1C(=O)[C@@H]2[C@H]3C=C[C@@H]([C@@H]4C[C@H]34)[C@@H]2C1=O. The fourth-order valence-corrected chi connectivity index (χ4v) is 6.88. The van der Waals surface area contributed by atoms with E-state index in [0.717, 1.165) is 17.7 Å². The fraction of sp³-hybridized carbons (Fsp3) is 0.281. The molecule has 8 rings (SSSR count). The minimum absolute atomic E-state index is 0.119. The number of para-hydroxylation sites is 1. The summed E-state index contributed by atoms with van der Waals surface area (Å²) in [4.78, 5) is 42.6. The molecule has 3 aromatic carbocycles. The number of amides is 3. The second kappa shape index (κ2) is 8.98. The molecule has 0 spiro atoms. The molecule has 7 atom stereocenters. The topological polar surface area (TPSA) is 75.7 Å². The molecular formula is C32H28N2O4. The molecule has 3 amide bonds. The van der Waals surface area contributed by atoms with E-state index >= 15 is 0 Å². The van der Waals surface area contributed by atoms with E-state index in [-0.39, 0.29) is 47.8 Å². The van der Waals surface area contributed by atoms with E-state index in [9.17, 15) is 14.4 Å². The van der Waals surface area contributed by atoms with Crippen molar-refractivity contribution in [3.05, 3.63) is 103 Å². The van der Waals surface area contributed by atoms with Gasteiger partial charge in [0.05, 0.1) is 11.8 Å². The van der Waals surface area contributed by atoms with Crippen LogP contribution in [0.25, 0.3) is 0 Å². The van der Waals surface area contributed by atoms with Gasteiger partial charge in [-0.3, -0.25) is 19.3 Å². The average Bonchev–Trinajstić information content (AvgIpc) is 3.73. The van der Waals surface area contributed by atoms with Crippen LogP contribution in [-0.2, 0) is 20.8 Å². The number of benzene rings is 3. The molecule has 4 aliphatic carbocycles. The van der Waals surface area contributed by atoms with Crippen molar-refractivity contribution in [2.75, 3.05) is 5.32 Å². The van der Waals surface area contributed by atoms with Crippen molar-refractivity contribution in [1.82, 2.24) is 4.90 Å². The largest absolute Gasteiger partial charge is 0.457 e. The van der Waals surface area contributed by atoms with Crippen molar-refractivity contribution in [1.29, 1.82) is 0 Å². The summed E-state index contributed by atoms with van der Waals surface area (Å²) in [7, 11) is 0. The average molecular weight is 505 g/mol. The summed E-state index contributed by atoms with van der Waals surface area (Å²) >= 11 is 0. The Kier molecular flexibility index (Phi) is 5.43. The van der Waals surface area contributed by atoms with Gasteiger partial charge in [-0.2, -0.15) is 0 Å². The van der Waals surface area contributed by atoms with E-state index in [1.54, 1.807) is 24.3 Å². The number of likely N-dealkylation sites (tertiary alicyclic amines) is 1. The first-order valence-electron chi connectivity index (χ1n) is 13.3.